The molecule has 1 heterocycles. The van der Waals surface area contributed by atoms with Crippen molar-refractivity contribution >= 4 is 29.1 Å². The zero-order valence-electron chi connectivity index (χ0n) is 15.5. The average Bonchev–Trinajstić information content (AvgIpc) is 3.13. The maximum atomic E-state index is 12.0. The fourth-order valence-corrected chi connectivity index (χ4v) is 2.90. The summed E-state index contributed by atoms with van der Waals surface area (Å²) in [5.74, 6) is 0.949. The Morgan fingerprint density at radius 1 is 1.14 bits per heavy atom. The molecule has 0 aliphatic rings. The maximum Gasteiger partial charge on any atom is 0.277 e. The van der Waals surface area contributed by atoms with Crippen LogP contribution < -0.4 is 10.1 Å². The van der Waals surface area contributed by atoms with Crippen molar-refractivity contribution in [3.8, 4) is 5.75 Å². The molecule has 144 valence electrons. The molecule has 0 saturated heterocycles. The topological polar surface area (TPSA) is 94.3 Å². The van der Waals surface area contributed by atoms with Crippen molar-refractivity contribution < 1.29 is 18.7 Å². The fourth-order valence-electron chi connectivity index (χ4n) is 2.32. The first-order valence-electron chi connectivity index (χ1n) is 8.55. The van der Waals surface area contributed by atoms with Gasteiger partial charge in [0, 0.05) is 11.3 Å². The third-order valence-corrected chi connectivity index (χ3v) is 4.52. The summed E-state index contributed by atoms with van der Waals surface area (Å²) in [6, 6.07) is 14.4. The van der Waals surface area contributed by atoms with Gasteiger partial charge in [0.1, 0.15) is 5.75 Å². The summed E-state index contributed by atoms with van der Waals surface area (Å²) < 4.78 is 11.1. The molecule has 0 unspecified atom stereocenters. The summed E-state index contributed by atoms with van der Waals surface area (Å²) in [5.41, 5.74) is 2.31. The van der Waals surface area contributed by atoms with Gasteiger partial charge in [0.05, 0.1) is 5.75 Å². The number of ketones is 1. The summed E-state index contributed by atoms with van der Waals surface area (Å²) in [6.45, 7) is 3.64. The van der Waals surface area contributed by atoms with Crippen LogP contribution in [-0.4, -0.2) is 27.6 Å². The van der Waals surface area contributed by atoms with Crippen LogP contribution in [0.15, 0.2) is 58.2 Å². The molecule has 8 heteroatoms. The van der Waals surface area contributed by atoms with Gasteiger partial charge in [-0.05, 0) is 55.8 Å². The van der Waals surface area contributed by atoms with Crippen LogP contribution in [0.4, 0.5) is 5.69 Å². The van der Waals surface area contributed by atoms with Gasteiger partial charge in [-0.25, -0.2) is 0 Å². The highest BCUT2D eigenvalue weighted by Crippen LogP contribution is 2.19. The Morgan fingerprint density at radius 3 is 2.64 bits per heavy atom. The van der Waals surface area contributed by atoms with E-state index in [-0.39, 0.29) is 24.1 Å². The fraction of sp³-hybridized carbons (Fsp3) is 0.200. The smallest absolute Gasteiger partial charge is 0.277 e. The van der Waals surface area contributed by atoms with E-state index in [9.17, 15) is 9.59 Å². The Balaban J connectivity index is 1.45. The summed E-state index contributed by atoms with van der Waals surface area (Å²) >= 11 is 1.14. The predicted octanol–water partition coefficient (Wildman–Crippen LogP) is 3.89. The van der Waals surface area contributed by atoms with Crippen molar-refractivity contribution in [2.24, 2.45) is 0 Å². The minimum atomic E-state index is -0.212. The van der Waals surface area contributed by atoms with Gasteiger partial charge in [-0.15, -0.1) is 10.2 Å². The van der Waals surface area contributed by atoms with E-state index in [2.05, 4.69) is 15.5 Å². The number of aromatic nitrogens is 2. The molecule has 0 aliphatic carbocycles. The largest absolute Gasteiger partial charge is 0.484 e. The first-order valence-corrected chi connectivity index (χ1v) is 9.53. The highest BCUT2D eigenvalue weighted by atomic mass is 32.2. The molecule has 1 amide bonds. The molecule has 3 aromatic rings. The van der Waals surface area contributed by atoms with Crippen LogP contribution in [0.5, 0.6) is 5.75 Å². The highest BCUT2D eigenvalue weighted by molar-refractivity contribution is 7.99. The standard InChI is InChI=1S/C20H19N3O4S/c1-13-4-3-5-17(10-13)26-11-19-22-23-20(27-19)28-12-18(25)21-16-8-6-15(7-9-16)14(2)24/h3-10H,11-12H2,1-2H3,(H,21,25). The number of ether oxygens (including phenoxy) is 1. The number of anilines is 1. The van der Waals surface area contributed by atoms with Crippen molar-refractivity contribution in [1.29, 1.82) is 0 Å². The van der Waals surface area contributed by atoms with Crippen molar-refractivity contribution in [2.75, 3.05) is 11.1 Å². The molecular formula is C20H19N3O4S. The number of rotatable bonds is 8. The molecule has 2 aromatic carbocycles. The van der Waals surface area contributed by atoms with Gasteiger partial charge in [-0.2, -0.15) is 0 Å². The van der Waals surface area contributed by atoms with Crippen LogP contribution in [0.1, 0.15) is 28.7 Å². The van der Waals surface area contributed by atoms with Crippen LogP contribution in [0.2, 0.25) is 0 Å². The number of hydrogen-bond donors (Lipinski definition) is 1. The Hall–Kier alpha value is -3.13. The average molecular weight is 397 g/mol. The number of carbonyl (C=O) groups excluding carboxylic acids is 2. The zero-order chi connectivity index (χ0) is 19.9. The second-order valence-electron chi connectivity index (χ2n) is 6.04. The van der Waals surface area contributed by atoms with Crippen molar-refractivity contribution in [3.05, 3.63) is 65.5 Å². The molecule has 0 atom stereocenters. The molecule has 0 spiro atoms. The minimum Gasteiger partial charge on any atom is -0.484 e. The van der Waals surface area contributed by atoms with E-state index in [1.54, 1.807) is 24.3 Å². The molecule has 7 nitrogen and oxygen atoms in total. The lowest BCUT2D eigenvalue weighted by atomic mass is 10.1. The summed E-state index contributed by atoms with van der Waals surface area (Å²) in [6.07, 6.45) is 0. The summed E-state index contributed by atoms with van der Waals surface area (Å²) in [7, 11) is 0. The van der Waals surface area contributed by atoms with Gasteiger partial charge in [0.25, 0.3) is 11.1 Å². The molecule has 1 aromatic heterocycles. The van der Waals surface area contributed by atoms with E-state index < -0.39 is 0 Å². The quantitative estimate of drug-likeness (QED) is 0.455. The highest BCUT2D eigenvalue weighted by Gasteiger charge is 2.11. The number of amides is 1. The van der Waals surface area contributed by atoms with Crippen LogP contribution >= 0.6 is 11.8 Å². The lowest BCUT2D eigenvalue weighted by molar-refractivity contribution is -0.113. The Bertz CT molecular complexity index is 970. The third kappa shape index (κ3) is 5.68. The first-order chi connectivity index (χ1) is 13.5. The van der Waals surface area contributed by atoms with Gasteiger partial charge >= 0.3 is 0 Å². The normalized spacial score (nSPS) is 10.5. The summed E-state index contributed by atoms with van der Waals surface area (Å²) in [5, 5.41) is 10.9. The molecule has 1 N–H and O–H groups in total. The lowest BCUT2D eigenvalue weighted by Crippen LogP contribution is -2.14. The Kier molecular flexibility index (Phi) is 6.44. The van der Waals surface area contributed by atoms with Crippen LogP contribution in [-0.2, 0) is 11.4 Å². The van der Waals surface area contributed by atoms with Crippen molar-refractivity contribution in [1.82, 2.24) is 10.2 Å². The number of hydrogen-bond acceptors (Lipinski definition) is 7. The van der Waals surface area contributed by atoms with Gasteiger partial charge in [-0.1, -0.05) is 23.9 Å². The molecule has 0 aliphatic heterocycles. The van der Waals surface area contributed by atoms with Crippen molar-refractivity contribution in [2.45, 2.75) is 25.7 Å². The molecule has 0 bridgehead atoms. The summed E-state index contributed by atoms with van der Waals surface area (Å²) in [4.78, 5) is 23.3. The van der Waals surface area contributed by atoms with Gasteiger partial charge in [-0.3, -0.25) is 9.59 Å². The van der Waals surface area contributed by atoms with Gasteiger partial charge < -0.3 is 14.5 Å². The third-order valence-electron chi connectivity index (χ3n) is 3.70. The number of carbonyl (C=O) groups is 2. The van der Waals surface area contributed by atoms with Crippen LogP contribution in [0.3, 0.4) is 0 Å². The zero-order valence-corrected chi connectivity index (χ0v) is 16.3. The second kappa shape index (κ2) is 9.18. The van der Waals surface area contributed by atoms with E-state index in [1.807, 2.05) is 31.2 Å². The van der Waals surface area contributed by atoms with E-state index >= 15 is 0 Å². The van der Waals surface area contributed by atoms with E-state index in [4.69, 9.17) is 9.15 Å². The minimum absolute atomic E-state index is 0.0213. The molecule has 28 heavy (non-hydrogen) atoms. The number of aryl methyl sites for hydroxylation is 1. The van der Waals surface area contributed by atoms with Gasteiger partial charge in [0.2, 0.25) is 5.91 Å². The maximum absolute atomic E-state index is 12.0. The number of thioether (sulfide) groups is 1. The number of nitrogens with zero attached hydrogens (tertiary/aromatic N) is 2. The molecule has 0 radical (unpaired) electrons. The van der Waals surface area contributed by atoms with E-state index in [0.717, 1.165) is 23.1 Å². The number of benzene rings is 2. The van der Waals surface area contributed by atoms with Gasteiger partial charge in [0.15, 0.2) is 12.4 Å². The number of Topliss-reactive ketones (excluding diaryl/α,β-unsaturated/α-hetero) is 1. The van der Waals surface area contributed by atoms with E-state index in [1.165, 1.54) is 6.92 Å². The SMILES string of the molecule is CC(=O)c1ccc(NC(=O)CSc2nnc(COc3cccc(C)c3)o2)cc1. The van der Waals surface area contributed by atoms with Crippen LogP contribution in [0.25, 0.3) is 0 Å². The molecule has 0 fully saturated rings. The Morgan fingerprint density at radius 2 is 1.93 bits per heavy atom. The number of nitrogens with one attached hydrogen (secondary N) is 1. The van der Waals surface area contributed by atoms with Crippen molar-refractivity contribution in [3.63, 3.8) is 0 Å². The lowest BCUT2D eigenvalue weighted by Gasteiger charge is -2.04. The monoisotopic (exact) mass is 397 g/mol. The molecular weight excluding hydrogens is 378 g/mol. The van der Waals surface area contributed by atoms with E-state index in [0.29, 0.717) is 22.4 Å². The first kappa shape index (κ1) is 19.6. The predicted molar refractivity (Wildman–Crippen MR) is 106 cm³/mol. The van der Waals surface area contributed by atoms with Crippen LogP contribution in [0, 0.1) is 6.92 Å². The molecule has 3 rings (SSSR count). The second-order valence-corrected chi connectivity index (χ2v) is 6.96. The Labute approximate surface area is 166 Å². The molecule has 0 saturated carbocycles.